The van der Waals surface area contributed by atoms with Gasteiger partial charge in [-0.25, -0.2) is 13.1 Å². The second-order valence-corrected chi connectivity index (χ2v) is 5.41. The number of hydrogen-bond acceptors (Lipinski definition) is 3. The van der Waals surface area contributed by atoms with Crippen molar-refractivity contribution in [2.24, 2.45) is 0 Å². The van der Waals surface area contributed by atoms with Crippen molar-refractivity contribution in [3.05, 3.63) is 30.3 Å². The first-order valence-corrected chi connectivity index (χ1v) is 6.48. The minimum absolute atomic E-state index is 0.101. The number of ether oxygens (including phenoxy) is 1. The molecule has 4 nitrogen and oxygen atoms in total. The Balaban J connectivity index is 2.11. The molecule has 1 radical (unpaired) electrons. The van der Waals surface area contributed by atoms with Gasteiger partial charge in [-0.1, -0.05) is 0 Å². The van der Waals surface area contributed by atoms with Crippen LogP contribution in [0.4, 0.5) is 13.2 Å². The van der Waals surface area contributed by atoms with Crippen LogP contribution in [0, 0.1) is 6.04 Å². The Morgan fingerprint density at radius 3 is 2.11 bits per heavy atom. The minimum atomic E-state index is -4.79. The van der Waals surface area contributed by atoms with Gasteiger partial charge < -0.3 is 4.74 Å². The Bertz CT molecular complexity index is 520. The van der Waals surface area contributed by atoms with Gasteiger partial charge in [-0.15, -0.1) is 13.2 Å². The molecule has 0 heterocycles. The summed E-state index contributed by atoms with van der Waals surface area (Å²) >= 11 is 0. The molecule has 0 aliphatic heterocycles. The number of nitrogens with one attached hydrogen (secondary N) is 1. The average Bonchev–Trinajstić information content (AvgIpc) is 2.99. The predicted molar refractivity (Wildman–Crippen MR) is 55.9 cm³/mol. The molecule has 8 heteroatoms. The van der Waals surface area contributed by atoms with E-state index < -0.39 is 22.1 Å². The normalized spacial score (nSPS) is 16.6. The Labute approximate surface area is 102 Å². The van der Waals surface area contributed by atoms with Gasteiger partial charge in [-0.3, -0.25) is 0 Å². The summed E-state index contributed by atoms with van der Waals surface area (Å²) in [7, 11) is -3.68. The van der Waals surface area contributed by atoms with Crippen molar-refractivity contribution in [3.8, 4) is 5.75 Å². The van der Waals surface area contributed by atoms with Crippen LogP contribution < -0.4 is 9.46 Å². The molecule has 99 valence electrons. The molecule has 0 aromatic heterocycles. The molecule has 0 saturated heterocycles. The SMILES string of the molecule is O=S(=O)(N[C]1CC1)c1ccc(OC(F)(F)F)cc1. The van der Waals surface area contributed by atoms with Gasteiger partial charge in [0, 0.05) is 0 Å². The molecule has 1 aliphatic carbocycles. The predicted octanol–water partition coefficient (Wildman–Crippen LogP) is 2.19. The highest BCUT2D eigenvalue weighted by Crippen LogP contribution is 2.30. The van der Waals surface area contributed by atoms with Crippen molar-refractivity contribution >= 4 is 10.0 Å². The topological polar surface area (TPSA) is 55.4 Å². The molecule has 1 aromatic carbocycles. The van der Waals surface area contributed by atoms with E-state index in [1.807, 2.05) is 0 Å². The molecule has 1 aromatic rings. The van der Waals surface area contributed by atoms with Gasteiger partial charge in [0.05, 0.1) is 10.9 Å². The molecule has 1 N–H and O–H groups in total. The van der Waals surface area contributed by atoms with Crippen LogP contribution in [0.2, 0.25) is 0 Å². The number of halogens is 3. The quantitative estimate of drug-likeness (QED) is 0.919. The zero-order valence-electron chi connectivity index (χ0n) is 8.99. The Morgan fingerprint density at radius 1 is 1.11 bits per heavy atom. The fourth-order valence-corrected chi connectivity index (χ4v) is 2.43. The Kier molecular flexibility index (Phi) is 3.24. The number of alkyl halides is 3. The zero-order chi connectivity index (χ0) is 13.4. The number of hydrogen-bond donors (Lipinski definition) is 1. The van der Waals surface area contributed by atoms with Crippen molar-refractivity contribution < 1.29 is 26.3 Å². The summed E-state index contributed by atoms with van der Waals surface area (Å²) < 4.78 is 65.1. The van der Waals surface area contributed by atoms with Crippen LogP contribution in [0.1, 0.15) is 12.8 Å². The molecule has 1 saturated carbocycles. The monoisotopic (exact) mass is 280 g/mol. The third-order valence-electron chi connectivity index (χ3n) is 2.15. The molecule has 18 heavy (non-hydrogen) atoms. The lowest BCUT2D eigenvalue weighted by Crippen LogP contribution is -2.21. The van der Waals surface area contributed by atoms with Crippen LogP contribution in [-0.2, 0) is 10.0 Å². The van der Waals surface area contributed by atoms with Gasteiger partial charge in [-0.05, 0) is 37.1 Å². The first-order valence-electron chi connectivity index (χ1n) is 5.00. The average molecular weight is 280 g/mol. The van der Waals surface area contributed by atoms with E-state index in [4.69, 9.17) is 0 Å². The fraction of sp³-hybridized carbons (Fsp3) is 0.300. The summed E-state index contributed by atoms with van der Waals surface area (Å²) in [6.45, 7) is 0. The summed E-state index contributed by atoms with van der Waals surface area (Å²) in [6, 6.07) is 4.74. The van der Waals surface area contributed by atoms with E-state index in [2.05, 4.69) is 9.46 Å². The molecule has 2 rings (SSSR count). The van der Waals surface area contributed by atoms with Gasteiger partial charge in [-0.2, -0.15) is 0 Å². The Morgan fingerprint density at radius 2 is 1.67 bits per heavy atom. The van der Waals surface area contributed by atoms with Crippen molar-refractivity contribution in [3.63, 3.8) is 0 Å². The van der Waals surface area contributed by atoms with E-state index in [0.29, 0.717) is 18.9 Å². The second kappa shape index (κ2) is 4.43. The second-order valence-electron chi connectivity index (χ2n) is 3.73. The molecule has 1 aliphatic rings. The van der Waals surface area contributed by atoms with Gasteiger partial charge in [0.1, 0.15) is 5.75 Å². The highest BCUT2D eigenvalue weighted by atomic mass is 32.2. The van der Waals surface area contributed by atoms with E-state index in [1.165, 1.54) is 0 Å². The molecule has 0 amide bonds. The van der Waals surface area contributed by atoms with E-state index in [0.717, 1.165) is 24.3 Å². The van der Waals surface area contributed by atoms with Gasteiger partial charge in [0.15, 0.2) is 0 Å². The highest BCUT2D eigenvalue weighted by molar-refractivity contribution is 7.89. The van der Waals surface area contributed by atoms with Gasteiger partial charge >= 0.3 is 6.36 Å². The first kappa shape index (κ1) is 13.2. The summed E-state index contributed by atoms with van der Waals surface area (Å²) in [4.78, 5) is -0.101. The van der Waals surface area contributed by atoms with E-state index in [9.17, 15) is 21.6 Å². The van der Waals surface area contributed by atoms with Crippen LogP contribution >= 0.6 is 0 Å². The van der Waals surface area contributed by atoms with Crippen LogP contribution in [0.15, 0.2) is 29.2 Å². The molecule has 0 unspecified atom stereocenters. The zero-order valence-corrected chi connectivity index (χ0v) is 9.81. The van der Waals surface area contributed by atoms with Crippen molar-refractivity contribution in [2.45, 2.75) is 24.1 Å². The summed E-state index contributed by atoms with van der Waals surface area (Å²) in [5, 5.41) is 0. The van der Waals surface area contributed by atoms with Gasteiger partial charge in [0.2, 0.25) is 10.0 Å². The lowest BCUT2D eigenvalue weighted by atomic mass is 10.3. The molecular weight excluding hydrogens is 271 g/mol. The van der Waals surface area contributed by atoms with Gasteiger partial charge in [0.25, 0.3) is 0 Å². The van der Waals surface area contributed by atoms with Crippen molar-refractivity contribution in [1.29, 1.82) is 0 Å². The molecule has 0 spiro atoms. The molecule has 1 fully saturated rings. The van der Waals surface area contributed by atoms with E-state index in [1.54, 1.807) is 0 Å². The maximum Gasteiger partial charge on any atom is 0.573 e. The summed E-state index contributed by atoms with van der Waals surface area (Å²) in [5.74, 6) is -0.458. The third-order valence-corrected chi connectivity index (χ3v) is 3.60. The van der Waals surface area contributed by atoms with E-state index in [-0.39, 0.29) is 4.90 Å². The van der Waals surface area contributed by atoms with Crippen molar-refractivity contribution in [1.82, 2.24) is 4.72 Å². The van der Waals surface area contributed by atoms with Crippen molar-refractivity contribution in [2.75, 3.05) is 0 Å². The van der Waals surface area contributed by atoms with Crippen LogP contribution in [0.25, 0.3) is 0 Å². The maximum absolute atomic E-state index is 11.9. The highest BCUT2D eigenvalue weighted by Gasteiger charge is 2.32. The van der Waals surface area contributed by atoms with Crippen LogP contribution in [-0.4, -0.2) is 14.8 Å². The number of rotatable bonds is 4. The van der Waals surface area contributed by atoms with Crippen LogP contribution in [0.3, 0.4) is 0 Å². The molecule has 0 bridgehead atoms. The van der Waals surface area contributed by atoms with Crippen LogP contribution in [0.5, 0.6) is 5.75 Å². The number of benzene rings is 1. The molecular formula is C10H9F3NO3S. The maximum atomic E-state index is 11.9. The summed E-state index contributed by atoms with van der Waals surface area (Å²) in [6.07, 6.45) is -3.38. The number of sulfonamides is 1. The summed E-state index contributed by atoms with van der Waals surface area (Å²) in [5.41, 5.74) is 0. The molecule has 0 atom stereocenters. The smallest absolute Gasteiger partial charge is 0.406 e. The standard InChI is InChI=1S/C10H9F3NO3S/c11-10(12,13)17-8-3-5-9(6-4-8)18(15,16)14-7-1-2-7/h3-6,14H,1-2H2. The fourth-order valence-electron chi connectivity index (χ4n) is 1.23. The lowest BCUT2D eigenvalue weighted by molar-refractivity contribution is -0.274. The Hall–Kier alpha value is -1.28. The first-order chi connectivity index (χ1) is 8.26. The third kappa shape index (κ3) is 3.61. The lowest BCUT2D eigenvalue weighted by Gasteiger charge is -2.09. The minimum Gasteiger partial charge on any atom is -0.406 e. The van der Waals surface area contributed by atoms with E-state index >= 15 is 0 Å². The largest absolute Gasteiger partial charge is 0.573 e.